The molecule has 94 valence electrons. The molecule has 7 heteroatoms. The maximum Gasteiger partial charge on any atom is 0.315 e. The van der Waals surface area contributed by atoms with Crippen LogP contribution in [0, 0.1) is 0 Å². The Balaban J connectivity index is 3.14. The van der Waals surface area contributed by atoms with E-state index in [1.54, 1.807) is 0 Å². The smallest absolute Gasteiger partial charge is 0.315 e. The van der Waals surface area contributed by atoms with Gasteiger partial charge in [0.25, 0.3) is 5.91 Å². The number of carbonyl (C=O) groups excluding carboxylic acids is 1. The summed E-state index contributed by atoms with van der Waals surface area (Å²) in [6, 6.07) is 5.44. The summed E-state index contributed by atoms with van der Waals surface area (Å²) in [6.07, 6.45) is -3.19. The molecule has 0 heterocycles. The van der Waals surface area contributed by atoms with Gasteiger partial charge in [-0.1, -0.05) is 19.1 Å². The fraction of sp³-hybridized carbons (Fsp3) is 0.300. The van der Waals surface area contributed by atoms with Crippen molar-refractivity contribution in [1.29, 1.82) is 0 Å². The van der Waals surface area contributed by atoms with E-state index >= 15 is 0 Å². The van der Waals surface area contributed by atoms with Gasteiger partial charge in [-0.05, 0) is 12.1 Å². The zero-order valence-corrected chi connectivity index (χ0v) is 9.80. The monoisotopic (exact) mass is 263 g/mol. The van der Waals surface area contributed by atoms with Gasteiger partial charge in [-0.3, -0.25) is 4.79 Å². The van der Waals surface area contributed by atoms with E-state index < -0.39 is 22.2 Å². The quantitative estimate of drug-likeness (QED) is 0.899. The zero-order chi connectivity index (χ0) is 13.1. The summed E-state index contributed by atoms with van der Waals surface area (Å²) in [6.45, 7) is 1.43. The number of rotatable bonds is 4. The molecule has 0 aliphatic heterocycles. The van der Waals surface area contributed by atoms with Crippen molar-refractivity contribution in [3.63, 3.8) is 0 Å². The predicted octanol–water partition coefficient (Wildman–Crippen LogP) is 1.68. The third-order valence-electron chi connectivity index (χ3n) is 2.06. The standard InChI is InChI=1S/C10H11F2NO3S/c1-2-17(15,16)8-6-4-3-5-7(8)13-10(14)9(11)12/h3-6,9H,2H2,1H3,(H,13,14). The van der Waals surface area contributed by atoms with Crippen LogP contribution < -0.4 is 5.32 Å². The summed E-state index contributed by atoms with van der Waals surface area (Å²) in [5.41, 5.74) is -0.125. The summed E-state index contributed by atoms with van der Waals surface area (Å²) in [4.78, 5) is 10.7. The zero-order valence-electron chi connectivity index (χ0n) is 8.98. The van der Waals surface area contributed by atoms with Gasteiger partial charge < -0.3 is 5.32 Å². The number of benzene rings is 1. The van der Waals surface area contributed by atoms with Gasteiger partial charge in [-0.2, -0.15) is 8.78 Å². The Morgan fingerprint density at radius 1 is 1.35 bits per heavy atom. The van der Waals surface area contributed by atoms with Crippen LogP contribution in [0.25, 0.3) is 0 Å². The second kappa shape index (κ2) is 5.22. The van der Waals surface area contributed by atoms with Crippen molar-refractivity contribution in [3.05, 3.63) is 24.3 Å². The summed E-state index contributed by atoms with van der Waals surface area (Å²) in [7, 11) is -3.56. The molecule has 1 amide bonds. The van der Waals surface area contributed by atoms with E-state index in [-0.39, 0.29) is 16.3 Å². The summed E-state index contributed by atoms with van der Waals surface area (Å²) in [5.74, 6) is -1.70. The summed E-state index contributed by atoms with van der Waals surface area (Å²) < 4.78 is 47.4. The Morgan fingerprint density at radius 3 is 2.47 bits per heavy atom. The van der Waals surface area contributed by atoms with E-state index in [2.05, 4.69) is 0 Å². The maximum absolute atomic E-state index is 12.1. The largest absolute Gasteiger partial charge is 0.320 e. The topological polar surface area (TPSA) is 63.2 Å². The molecule has 1 aromatic carbocycles. The first kappa shape index (κ1) is 13.6. The molecule has 0 aliphatic rings. The van der Waals surface area contributed by atoms with E-state index in [1.165, 1.54) is 31.2 Å². The molecule has 0 radical (unpaired) electrons. The fourth-order valence-electron chi connectivity index (χ4n) is 1.18. The molecule has 1 N–H and O–H groups in total. The van der Waals surface area contributed by atoms with E-state index in [0.717, 1.165) is 0 Å². The first-order valence-electron chi connectivity index (χ1n) is 4.79. The Labute approximate surface area is 97.6 Å². The van der Waals surface area contributed by atoms with Crippen molar-refractivity contribution in [2.75, 3.05) is 11.1 Å². The normalized spacial score (nSPS) is 11.5. The highest BCUT2D eigenvalue weighted by Crippen LogP contribution is 2.22. The van der Waals surface area contributed by atoms with Crippen LogP contribution in [0.15, 0.2) is 29.2 Å². The number of para-hydroxylation sites is 1. The number of amides is 1. The van der Waals surface area contributed by atoms with Crippen LogP contribution in [0.1, 0.15) is 6.92 Å². The van der Waals surface area contributed by atoms with Gasteiger partial charge in [0, 0.05) is 0 Å². The van der Waals surface area contributed by atoms with Crippen molar-refractivity contribution in [1.82, 2.24) is 0 Å². The van der Waals surface area contributed by atoms with Crippen molar-refractivity contribution in [2.45, 2.75) is 18.2 Å². The molecule has 4 nitrogen and oxygen atoms in total. The number of halogens is 2. The lowest BCUT2D eigenvalue weighted by Crippen LogP contribution is -2.21. The maximum atomic E-state index is 12.1. The third kappa shape index (κ3) is 3.23. The molecule has 1 rings (SSSR count). The van der Waals surface area contributed by atoms with Gasteiger partial charge in [-0.15, -0.1) is 0 Å². The number of anilines is 1. The third-order valence-corrected chi connectivity index (χ3v) is 3.84. The van der Waals surface area contributed by atoms with Gasteiger partial charge in [0.2, 0.25) is 0 Å². The molecule has 0 bridgehead atoms. The number of hydrogen-bond acceptors (Lipinski definition) is 3. The molecular weight excluding hydrogens is 252 g/mol. The lowest BCUT2D eigenvalue weighted by atomic mass is 10.3. The first-order valence-corrected chi connectivity index (χ1v) is 6.44. The van der Waals surface area contributed by atoms with Crippen LogP contribution in [-0.2, 0) is 14.6 Å². The van der Waals surface area contributed by atoms with Crippen molar-refractivity contribution < 1.29 is 22.0 Å². The number of carbonyl (C=O) groups is 1. The molecule has 17 heavy (non-hydrogen) atoms. The molecule has 0 spiro atoms. The van der Waals surface area contributed by atoms with Crippen LogP contribution in [0.4, 0.5) is 14.5 Å². The van der Waals surface area contributed by atoms with Gasteiger partial charge in [-0.25, -0.2) is 8.42 Å². The van der Waals surface area contributed by atoms with Gasteiger partial charge in [0.1, 0.15) is 0 Å². The Kier molecular flexibility index (Phi) is 4.17. The highest BCUT2D eigenvalue weighted by atomic mass is 32.2. The molecule has 0 fully saturated rings. The van der Waals surface area contributed by atoms with Crippen molar-refractivity contribution in [2.24, 2.45) is 0 Å². The highest BCUT2D eigenvalue weighted by molar-refractivity contribution is 7.91. The lowest BCUT2D eigenvalue weighted by Gasteiger charge is -2.10. The molecule has 0 saturated carbocycles. The highest BCUT2D eigenvalue weighted by Gasteiger charge is 2.20. The molecule has 1 aromatic rings. The van der Waals surface area contributed by atoms with Crippen LogP contribution in [-0.4, -0.2) is 26.5 Å². The Bertz CT molecular complexity index is 514. The number of nitrogens with one attached hydrogen (secondary N) is 1. The number of sulfone groups is 1. The average Bonchev–Trinajstić information content (AvgIpc) is 2.29. The average molecular weight is 263 g/mol. The fourth-order valence-corrected chi connectivity index (χ4v) is 2.23. The van der Waals surface area contributed by atoms with E-state index in [4.69, 9.17) is 0 Å². The van der Waals surface area contributed by atoms with Crippen LogP contribution >= 0.6 is 0 Å². The first-order chi connectivity index (χ1) is 7.88. The van der Waals surface area contributed by atoms with Crippen LogP contribution in [0.3, 0.4) is 0 Å². The molecule has 0 aromatic heterocycles. The summed E-state index contributed by atoms with van der Waals surface area (Å²) >= 11 is 0. The van der Waals surface area contributed by atoms with E-state index in [1.807, 2.05) is 5.32 Å². The minimum Gasteiger partial charge on any atom is -0.320 e. The van der Waals surface area contributed by atoms with E-state index in [9.17, 15) is 22.0 Å². The number of alkyl halides is 2. The van der Waals surface area contributed by atoms with E-state index in [0.29, 0.717) is 0 Å². The second-order valence-corrected chi connectivity index (χ2v) is 5.44. The Hall–Kier alpha value is -1.50. The molecule has 0 saturated heterocycles. The van der Waals surface area contributed by atoms with Gasteiger partial charge in [0.15, 0.2) is 9.84 Å². The molecule has 0 unspecified atom stereocenters. The predicted molar refractivity (Wildman–Crippen MR) is 58.8 cm³/mol. The molecule has 0 aliphatic carbocycles. The molecular formula is C10H11F2NO3S. The minimum absolute atomic E-state index is 0.125. The second-order valence-electron chi connectivity index (χ2n) is 3.19. The van der Waals surface area contributed by atoms with Crippen LogP contribution in [0.5, 0.6) is 0 Å². The summed E-state index contributed by atoms with van der Waals surface area (Å²) in [5, 5.41) is 1.88. The van der Waals surface area contributed by atoms with Crippen LogP contribution in [0.2, 0.25) is 0 Å². The van der Waals surface area contributed by atoms with Gasteiger partial charge in [0.05, 0.1) is 16.3 Å². The van der Waals surface area contributed by atoms with Gasteiger partial charge >= 0.3 is 6.43 Å². The van der Waals surface area contributed by atoms with Crippen molar-refractivity contribution >= 4 is 21.4 Å². The SMILES string of the molecule is CCS(=O)(=O)c1ccccc1NC(=O)C(F)F. The van der Waals surface area contributed by atoms with Crippen molar-refractivity contribution in [3.8, 4) is 0 Å². The minimum atomic E-state index is -3.56. The Morgan fingerprint density at radius 2 is 1.94 bits per heavy atom. The molecule has 0 atom stereocenters. The lowest BCUT2D eigenvalue weighted by molar-refractivity contribution is -0.126. The number of hydrogen-bond donors (Lipinski definition) is 1.